The number of hydrogen-bond acceptors (Lipinski definition) is 0. The smallest absolute Gasteiger partial charge is 0.0541 e. The SMILES string of the molecule is C/C=C(\C=C/Cn1c2ccccc2c2ccccc21)c1cccc(-c2cc(-c3ccccc3)cc(-c3ccc(-n4c5ccccc5c5ccccc54)cc3)c2)c1. The number of para-hydroxylation sites is 4. The first kappa shape index (κ1) is 33.4. The molecule has 0 aliphatic carbocycles. The Bertz CT molecular complexity index is 2990. The Hall–Kier alpha value is -7.16. The van der Waals surface area contributed by atoms with Gasteiger partial charge in [0.15, 0.2) is 0 Å². The highest BCUT2D eigenvalue weighted by atomic mass is 15.0. The maximum Gasteiger partial charge on any atom is 0.0541 e. The number of nitrogens with zero attached hydrogens (tertiary/aromatic N) is 2. The van der Waals surface area contributed by atoms with E-state index in [0.29, 0.717) is 0 Å². The molecule has 0 unspecified atom stereocenters. The lowest BCUT2D eigenvalue weighted by atomic mass is 9.92. The lowest BCUT2D eigenvalue weighted by Crippen LogP contribution is -1.94. The molecule has 0 amide bonds. The summed E-state index contributed by atoms with van der Waals surface area (Å²) < 4.78 is 4.79. The molecule has 0 bridgehead atoms. The van der Waals surface area contributed by atoms with E-state index in [2.05, 4.69) is 228 Å². The Balaban J connectivity index is 0.999. The molecule has 8 aromatic carbocycles. The zero-order valence-electron chi connectivity index (χ0n) is 31.3. The van der Waals surface area contributed by atoms with E-state index in [0.717, 1.165) is 12.2 Å². The lowest BCUT2D eigenvalue weighted by Gasteiger charge is -2.14. The number of fused-ring (bicyclic) bond motifs is 6. The van der Waals surface area contributed by atoms with E-state index in [-0.39, 0.29) is 0 Å². The number of hydrogen-bond donors (Lipinski definition) is 0. The summed E-state index contributed by atoms with van der Waals surface area (Å²) in [4.78, 5) is 0. The Kier molecular flexibility index (Phi) is 8.50. The van der Waals surface area contributed by atoms with Gasteiger partial charge in [0, 0.05) is 44.8 Å². The Morgan fingerprint density at radius 1 is 0.411 bits per heavy atom. The Morgan fingerprint density at radius 2 is 0.875 bits per heavy atom. The van der Waals surface area contributed by atoms with Gasteiger partial charge >= 0.3 is 0 Å². The zero-order chi connectivity index (χ0) is 37.4. The highest BCUT2D eigenvalue weighted by molar-refractivity contribution is 6.09. The van der Waals surface area contributed by atoms with Gasteiger partial charge in [0.1, 0.15) is 0 Å². The van der Waals surface area contributed by atoms with E-state index >= 15 is 0 Å². The van der Waals surface area contributed by atoms with Crippen LogP contribution in [0.4, 0.5) is 0 Å². The third-order valence-corrected chi connectivity index (χ3v) is 11.2. The van der Waals surface area contributed by atoms with E-state index in [9.17, 15) is 0 Å². The molecule has 266 valence electrons. The van der Waals surface area contributed by atoms with Gasteiger partial charge in [-0.1, -0.05) is 152 Å². The van der Waals surface area contributed by atoms with Crippen LogP contribution in [0.25, 0.3) is 88.3 Å². The molecule has 2 aromatic heterocycles. The first-order valence-electron chi connectivity index (χ1n) is 19.4. The second kappa shape index (κ2) is 14.2. The van der Waals surface area contributed by atoms with E-state index < -0.39 is 0 Å². The molecule has 0 N–H and O–H groups in total. The van der Waals surface area contributed by atoms with Crippen LogP contribution in [0.3, 0.4) is 0 Å². The minimum atomic E-state index is 0.795. The van der Waals surface area contributed by atoms with Gasteiger partial charge in [-0.25, -0.2) is 0 Å². The van der Waals surface area contributed by atoms with E-state index in [1.54, 1.807) is 0 Å². The molecule has 0 aliphatic rings. The molecule has 0 spiro atoms. The standard InChI is InChI=1S/C54H40N2/c1-2-38(20-15-33-55-51-25-10-6-21-47(51)48-22-7-11-26-52(48)55)41-18-14-19-42(34-41)45-36-43(39-16-4-3-5-17-39)35-44(37-45)40-29-31-46(32-30-40)56-53-27-12-8-23-49(53)50-24-9-13-28-54(50)56/h2-32,34-37H,33H2,1H3/b20-15-,38-2+. The van der Waals surface area contributed by atoms with Crippen LogP contribution in [-0.4, -0.2) is 9.13 Å². The molecule has 2 nitrogen and oxygen atoms in total. The van der Waals surface area contributed by atoms with Crippen LogP contribution in [0.5, 0.6) is 0 Å². The predicted molar refractivity (Wildman–Crippen MR) is 239 cm³/mol. The molecule has 2 heteroatoms. The van der Waals surface area contributed by atoms with Crippen molar-refractivity contribution in [1.29, 1.82) is 0 Å². The molecule has 10 aromatic rings. The van der Waals surface area contributed by atoms with Gasteiger partial charge in [0.2, 0.25) is 0 Å². The normalized spacial score (nSPS) is 12.1. The van der Waals surface area contributed by atoms with Crippen LogP contribution in [0, 0.1) is 0 Å². The fourth-order valence-corrected chi connectivity index (χ4v) is 8.48. The minimum absolute atomic E-state index is 0.795. The van der Waals surface area contributed by atoms with Crippen molar-refractivity contribution in [2.75, 3.05) is 0 Å². The van der Waals surface area contributed by atoms with Crippen LogP contribution in [0.15, 0.2) is 212 Å². The second-order valence-electron chi connectivity index (χ2n) is 14.5. The minimum Gasteiger partial charge on any atom is -0.337 e. The average Bonchev–Trinajstić information content (AvgIpc) is 3.78. The molecule has 0 saturated carbocycles. The number of allylic oxidation sites excluding steroid dienone is 4. The maximum atomic E-state index is 2.41. The quantitative estimate of drug-likeness (QED) is 0.139. The van der Waals surface area contributed by atoms with Crippen LogP contribution >= 0.6 is 0 Å². The van der Waals surface area contributed by atoms with Gasteiger partial charge in [0.25, 0.3) is 0 Å². The van der Waals surface area contributed by atoms with Crippen molar-refractivity contribution in [1.82, 2.24) is 9.13 Å². The van der Waals surface area contributed by atoms with Crippen molar-refractivity contribution in [2.45, 2.75) is 13.5 Å². The first-order valence-corrected chi connectivity index (χ1v) is 19.4. The highest BCUT2D eigenvalue weighted by Gasteiger charge is 2.14. The summed E-state index contributed by atoms with van der Waals surface area (Å²) >= 11 is 0. The number of benzene rings is 8. The topological polar surface area (TPSA) is 9.86 Å². The van der Waals surface area contributed by atoms with Gasteiger partial charge in [-0.05, 0) is 112 Å². The summed E-state index contributed by atoms with van der Waals surface area (Å²) in [6.45, 7) is 2.92. The summed E-state index contributed by atoms with van der Waals surface area (Å²) in [5.74, 6) is 0. The van der Waals surface area contributed by atoms with Gasteiger partial charge in [0.05, 0.1) is 11.0 Å². The third-order valence-electron chi connectivity index (χ3n) is 11.2. The summed E-state index contributed by atoms with van der Waals surface area (Å²) in [7, 11) is 0. The van der Waals surface area contributed by atoms with Gasteiger partial charge < -0.3 is 9.13 Å². The summed E-state index contributed by atoms with van der Waals surface area (Å²) in [5.41, 5.74) is 15.7. The molecule has 0 saturated heterocycles. The molecular weight excluding hydrogens is 677 g/mol. The lowest BCUT2D eigenvalue weighted by molar-refractivity contribution is 0.899. The Labute approximate surface area is 327 Å². The van der Waals surface area contributed by atoms with E-state index in [4.69, 9.17) is 0 Å². The van der Waals surface area contributed by atoms with Gasteiger partial charge in [-0.3, -0.25) is 0 Å². The molecule has 10 rings (SSSR count). The van der Waals surface area contributed by atoms with Crippen molar-refractivity contribution in [2.24, 2.45) is 0 Å². The molecule has 0 fully saturated rings. The van der Waals surface area contributed by atoms with E-state index in [1.807, 2.05) is 0 Å². The average molecular weight is 717 g/mol. The Morgan fingerprint density at radius 3 is 1.45 bits per heavy atom. The third kappa shape index (κ3) is 5.93. The highest BCUT2D eigenvalue weighted by Crippen LogP contribution is 2.36. The van der Waals surface area contributed by atoms with Crippen LogP contribution in [-0.2, 0) is 6.54 Å². The van der Waals surface area contributed by atoms with Gasteiger partial charge in [-0.2, -0.15) is 0 Å². The largest absolute Gasteiger partial charge is 0.337 e. The van der Waals surface area contributed by atoms with Crippen molar-refractivity contribution in [3.63, 3.8) is 0 Å². The van der Waals surface area contributed by atoms with Crippen LogP contribution in [0.1, 0.15) is 12.5 Å². The molecule has 0 radical (unpaired) electrons. The predicted octanol–water partition coefficient (Wildman–Crippen LogP) is 14.6. The fourth-order valence-electron chi connectivity index (χ4n) is 8.48. The molecular formula is C54H40N2. The number of aromatic nitrogens is 2. The second-order valence-corrected chi connectivity index (χ2v) is 14.5. The summed E-state index contributed by atoms with van der Waals surface area (Å²) in [6.07, 6.45) is 6.78. The van der Waals surface area contributed by atoms with Crippen LogP contribution in [0.2, 0.25) is 0 Å². The molecule has 0 atom stereocenters. The first-order chi connectivity index (χ1) is 27.7. The van der Waals surface area contributed by atoms with Crippen molar-refractivity contribution < 1.29 is 0 Å². The molecule has 2 heterocycles. The fraction of sp³-hybridized carbons (Fsp3) is 0.0370. The monoisotopic (exact) mass is 716 g/mol. The molecule has 56 heavy (non-hydrogen) atoms. The maximum absolute atomic E-state index is 2.41. The van der Waals surface area contributed by atoms with E-state index in [1.165, 1.54) is 88.1 Å². The number of rotatable bonds is 8. The van der Waals surface area contributed by atoms with Crippen LogP contribution < -0.4 is 0 Å². The van der Waals surface area contributed by atoms with Crippen molar-refractivity contribution in [3.8, 4) is 39.1 Å². The summed E-state index contributed by atoms with van der Waals surface area (Å²) in [6, 6.07) is 70.5. The van der Waals surface area contributed by atoms with Crippen molar-refractivity contribution >= 4 is 49.2 Å². The zero-order valence-corrected chi connectivity index (χ0v) is 31.3. The van der Waals surface area contributed by atoms with Gasteiger partial charge in [-0.15, -0.1) is 0 Å². The molecule has 0 aliphatic heterocycles. The van der Waals surface area contributed by atoms with Crippen molar-refractivity contribution in [3.05, 3.63) is 218 Å². The summed E-state index contributed by atoms with van der Waals surface area (Å²) in [5, 5.41) is 5.14.